The molecule has 0 saturated heterocycles. The standard InChI is InChI=1S/C11H12N2.ClH/c1-8-5-6-10-9(11(8)12)4-3-7-13(10)2;/h3-7,12H,1-2H3;1H. The van der Waals surface area contributed by atoms with Gasteiger partial charge in [0.25, 0.3) is 0 Å². The molecule has 1 aromatic heterocycles. The molecule has 1 aromatic carbocycles. The van der Waals surface area contributed by atoms with E-state index in [2.05, 4.69) is 22.8 Å². The van der Waals surface area contributed by atoms with E-state index in [1.807, 2.05) is 26.2 Å². The molecule has 0 unspecified atom stereocenters. The number of aromatic nitrogens is 1. The predicted octanol–water partition coefficient (Wildman–Crippen LogP) is -1.44. The third kappa shape index (κ3) is 1.53. The van der Waals surface area contributed by atoms with Crippen LogP contribution < -0.4 is 22.7 Å². The normalized spacial score (nSPS) is 9.86. The summed E-state index contributed by atoms with van der Waals surface area (Å²) in [7, 11) is 2.02. The van der Waals surface area contributed by atoms with Crippen molar-refractivity contribution in [2.45, 2.75) is 6.92 Å². The van der Waals surface area contributed by atoms with E-state index in [-0.39, 0.29) is 12.4 Å². The van der Waals surface area contributed by atoms with Crippen molar-refractivity contribution in [2.75, 3.05) is 5.73 Å². The van der Waals surface area contributed by atoms with E-state index in [9.17, 15) is 0 Å². The summed E-state index contributed by atoms with van der Waals surface area (Å²) in [6.45, 7) is 2.03. The molecule has 0 radical (unpaired) electrons. The van der Waals surface area contributed by atoms with E-state index in [1.165, 1.54) is 5.52 Å². The molecule has 0 atom stereocenters. The first-order valence-corrected chi connectivity index (χ1v) is 4.33. The molecule has 0 aliphatic rings. The van der Waals surface area contributed by atoms with Gasteiger partial charge in [-0.05, 0) is 18.6 Å². The molecule has 74 valence electrons. The fourth-order valence-electron chi connectivity index (χ4n) is 1.57. The summed E-state index contributed by atoms with van der Waals surface area (Å²) in [6, 6.07) is 8.22. The molecule has 0 aliphatic carbocycles. The zero-order valence-electron chi connectivity index (χ0n) is 8.29. The SMILES string of the molecule is Cc1ccc2c(ccc[n+]2C)c1N.[Cl-]. The highest BCUT2D eigenvalue weighted by Crippen LogP contribution is 2.20. The summed E-state index contributed by atoms with van der Waals surface area (Å²) < 4.78 is 2.07. The quantitative estimate of drug-likeness (QED) is 0.417. The van der Waals surface area contributed by atoms with Crippen LogP contribution in [0.15, 0.2) is 30.5 Å². The molecule has 2 N–H and O–H groups in total. The van der Waals surface area contributed by atoms with Crippen LogP contribution in [0.5, 0.6) is 0 Å². The number of nitrogens with zero attached hydrogens (tertiary/aromatic N) is 1. The maximum atomic E-state index is 5.97. The molecule has 0 saturated carbocycles. The summed E-state index contributed by atoms with van der Waals surface area (Å²) in [4.78, 5) is 0. The fraction of sp³-hybridized carbons (Fsp3) is 0.182. The van der Waals surface area contributed by atoms with Gasteiger partial charge in [0.2, 0.25) is 5.52 Å². The van der Waals surface area contributed by atoms with Crippen molar-refractivity contribution < 1.29 is 17.0 Å². The van der Waals surface area contributed by atoms with Crippen molar-refractivity contribution in [1.29, 1.82) is 0 Å². The van der Waals surface area contributed by atoms with Gasteiger partial charge in [0, 0.05) is 17.8 Å². The lowest BCUT2D eigenvalue weighted by Crippen LogP contribution is -3.00. The maximum Gasteiger partial charge on any atom is 0.214 e. The Bertz CT molecular complexity index is 466. The maximum absolute atomic E-state index is 5.97. The smallest absolute Gasteiger partial charge is 0.214 e. The van der Waals surface area contributed by atoms with Gasteiger partial charge in [-0.2, -0.15) is 0 Å². The van der Waals surface area contributed by atoms with E-state index >= 15 is 0 Å². The first-order valence-electron chi connectivity index (χ1n) is 4.33. The van der Waals surface area contributed by atoms with Crippen LogP contribution in [-0.4, -0.2) is 0 Å². The van der Waals surface area contributed by atoms with E-state index < -0.39 is 0 Å². The second-order valence-corrected chi connectivity index (χ2v) is 3.35. The van der Waals surface area contributed by atoms with Gasteiger partial charge in [0.1, 0.15) is 7.05 Å². The number of anilines is 1. The van der Waals surface area contributed by atoms with Gasteiger partial charge in [-0.3, -0.25) is 0 Å². The first kappa shape index (κ1) is 10.8. The minimum absolute atomic E-state index is 0. The largest absolute Gasteiger partial charge is 1.00 e. The van der Waals surface area contributed by atoms with Crippen molar-refractivity contribution in [3.63, 3.8) is 0 Å². The summed E-state index contributed by atoms with van der Waals surface area (Å²) in [5, 5.41) is 1.13. The Kier molecular flexibility index (Phi) is 2.96. The molecular weight excluding hydrogens is 196 g/mol. The molecule has 2 rings (SSSR count). The number of hydrogen-bond acceptors (Lipinski definition) is 1. The lowest BCUT2D eigenvalue weighted by molar-refractivity contribution is -0.644. The molecule has 14 heavy (non-hydrogen) atoms. The van der Waals surface area contributed by atoms with E-state index in [0.717, 1.165) is 16.6 Å². The lowest BCUT2D eigenvalue weighted by Gasteiger charge is -2.02. The third-order valence-electron chi connectivity index (χ3n) is 2.43. The number of fused-ring (bicyclic) bond motifs is 1. The Hall–Kier alpha value is -1.28. The zero-order chi connectivity index (χ0) is 9.42. The van der Waals surface area contributed by atoms with Crippen LogP contribution in [0.2, 0.25) is 0 Å². The van der Waals surface area contributed by atoms with Crippen LogP contribution in [0.1, 0.15) is 5.56 Å². The second-order valence-electron chi connectivity index (χ2n) is 3.35. The molecule has 0 bridgehead atoms. The van der Waals surface area contributed by atoms with Gasteiger partial charge in [0.05, 0.1) is 5.39 Å². The van der Waals surface area contributed by atoms with Crippen LogP contribution in [0.25, 0.3) is 10.9 Å². The van der Waals surface area contributed by atoms with Crippen molar-refractivity contribution in [2.24, 2.45) is 7.05 Å². The molecule has 2 aromatic rings. The Balaban J connectivity index is 0.000000980. The number of nitrogen functional groups attached to an aromatic ring is 1. The van der Waals surface area contributed by atoms with Crippen LogP contribution in [0, 0.1) is 6.92 Å². The van der Waals surface area contributed by atoms with Gasteiger partial charge in [-0.25, -0.2) is 4.57 Å². The van der Waals surface area contributed by atoms with Gasteiger partial charge in [-0.1, -0.05) is 6.07 Å². The van der Waals surface area contributed by atoms with Crippen LogP contribution in [0.4, 0.5) is 5.69 Å². The molecule has 0 aliphatic heterocycles. The summed E-state index contributed by atoms with van der Waals surface area (Å²) >= 11 is 0. The first-order chi connectivity index (χ1) is 6.20. The number of pyridine rings is 1. The second kappa shape index (κ2) is 3.84. The van der Waals surface area contributed by atoms with E-state index in [1.54, 1.807) is 0 Å². The zero-order valence-corrected chi connectivity index (χ0v) is 9.05. The lowest BCUT2D eigenvalue weighted by atomic mass is 10.1. The number of rotatable bonds is 0. The Morgan fingerprint density at radius 2 is 1.93 bits per heavy atom. The number of hydrogen-bond donors (Lipinski definition) is 1. The van der Waals surface area contributed by atoms with E-state index in [4.69, 9.17) is 5.73 Å². The van der Waals surface area contributed by atoms with E-state index in [0.29, 0.717) is 0 Å². The van der Waals surface area contributed by atoms with Gasteiger partial charge in [0.15, 0.2) is 6.20 Å². The monoisotopic (exact) mass is 208 g/mol. The van der Waals surface area contributed by atoms with Crippen molar-refractivity contribution in [1.82, 2.24) is 0 Å². The van der Waals surface area contributed by atoms with Crippen LogP contribution in [0.3, 0.4) is 0 Å². The summed E-state index contributed by atoms with van der Waals surface area (Å²) in [5.41, 5.74) is 9.17. The molecule has 0 fully saturated rings. The average Bonchev–Trinajstić information content (AvgIpc) is 2.12. The van der Waals surface area contributed by atoms with Crippen LogP contribution >= 0.6 is 0 Å². The highest BCUT2D eigenvalue weighted by Gasteiger charge is 2.07. The minimum Gasteiger partial charge on any atom is -1.00 e. The van der Waals surface area contributed by atoms with Crippen LogP contribution in [-0.2, 0) is 7.05 Å². The highest BCUT2D eigenvalue weighted by molar-refractivity contribution is 5.89. The van der Waals surface area contributed by atoms with Crippen molar-refractivity contribution in [3.05, 3.63) is 36.0 Å². The molecule has 0 spiro atoms. The minimum atomic E-state index is 0. The number of aryl methyl sites for hydroxylation is 2. The number of halogens is 1. The van der Waals surface area contributed by atoms with Gasteiger partial charge in [-0.15, -0.1) is 0 Å². The van der Waals surface area contributed by atoms with Gasteiger partial charge < -0.3 is 18.1 Å². The fourth-order valence-corrected chi connectivity index (χ4v) is 1.57. The molecule has 2 nitrogen and oxygen atoms in total. The Morgan fingerprint density at radius 1 is 1.21 bits per heavy atom. The van der Waals surface area contributed by atoms with Gasteiger partial charge >= 0.3 is 0 Å². The predicted molar refractivity (Wildman–Crippen MR) is 54.3 cm³/mol. The van der Waals surface area contributed by atoms with Crippen molar-refractivity contribution in [3.8, 4) is 0 Å². The Morgan fingerprint density at radius 3 is 2.64 bits per heavy atom. The average molecular weight is 209 g/mol. The van der Waals surface area contributed by atoms with Crippen molar-refractivity contribution >= 4 is 16.6 Å². The molecule has 1 heterocycles. The number of benzene rings is 1. The Labute approximate surface area is 89.8 Å². The summed E-state index contributed by atoms with van der Waals surface area (Å²) in [5.74, 6) is 0. The summed E-state index contributed by atoms with van der Waals surface area (Å²) in [6.07, 6.45) is 2.02. The molecule has 0 amide bonds. The molecular formula is C11H13ClN2. The third-order valence-corrected chi connectivity index (χ3v) is 2.43. The number of nitrogens with two attached hydrogens (primary N) is 1. The topological polar surface area (TPSA) is 29.9 Å². The highest BCUT2D eigenvalue weighted by atomic mass is 35.5. The molecule has 3 heteroatoms.